The number of nitrogens with zero attached hydrogens (tertiary/aromatic N) is 1. The number of hydrogen-bond acceptors (Lipinski definition) is 3. The molecule has 0 aromatic heterocycles. The van der Waals surface area contributed by atoms with Gasteiger partial charge in [0.1, 0.15) is 17.5 Å². The smallest absolute Gasteiger partial charge is 0.267 e. The van der Waals surface area contributed by atoms with E-state index in [1.165, 1.54) is 24.4 Å². The summed E-state index contributed by atoms with van der Waals surface area (Å²) in [5.74, 6) is -0.954. The minimum atomic E-state index is -0.547. The number of carbonyl (C=O) groups excluding carboxylic acids is 1. The Morgan fingerprint density at radius 3 is 2.55 bits per heavy atom. The standard InChI is InChI=1S/C16H11BrFN3O/c17-12-4-6-14(7-5-12)21-16(22)11(9-19)10-20-15-3-1-2-13(18)8-15/h1-8,10,20H,(H,21,22)/b11-10-. The molecule has 0 aliphatic heterocycles. The lowest BCUT2D eigenvalue weighted by Gasteiger charge is -2.05. The molecule has 110 valence electrons. The molecule has 0 aliphatic rings. The van der Waals surface area contributed by atoms with Gasteiger partial charge in [0.15, 0.2) is 0 Å². The van der Waals surface area contributed by atoms with Gasteiger partial charge in [0.2, 0.25) is 0 Å². The lowest BCUT2D eigenvalue weighted by molar-refractivity contribution is -0.112. The van der Waals surface area contributed by atoms with E-state index in [0.717, 1.165) is 4.47 Å². The fourth-order valence-corrected chi connectivity index (χ4v) is 1.88. The van der Waals surface area contributed by atoms with Crippen molar-refractivity contribution in [3.05, 3.63) is 70.6 Å². The Morgan fingerprint density at radius 2 is 1.91 bits per heavy atom. The minimum absolute atomic E-state index is 0.118. The number of nitrogens with one attached hydrogen (secondary N) is 2. The molecule has 0 heterocycles. The van der Waals surface area contributed by atoms with Crippen LogP contribution in [0, 0.1) is 17.1 Å². The quantitative estimate of drug-likeness (QED) is 0.639. The third-order valence-electron chi connectivity index (χ3n) is 2.67. The van der Waals surface area contributed by atoms with Crippen LogP contribution in [-0.4, -0.2) is 5.91 Å². The number of benzene rings is 2. The Kier molecular flexibility index (Phi) is 5.28. The minimum Gasteiger partial charge on any atom is -0.360 e. The molecule has 6 heteroatoms. The zero-order valence-electron chi connectivity index (χ0n) is 11.3. The van der Waals surface area contributed by atoms with Crippen molar-refractivity contribution in [2.24, 2.45) is 0 Å². The Bertz CT molecular complexity index is 751. The fraction of sp³-hybridized carbons (Fsp3) is 0. The lowest BCUT2D eigenvalue weighted by atomic mass is 10.2. The summed E-state index contributed by atoms with van der Waals surface area (Å²) >= 11 is 3.29. The van der Waals surface area contributed by atoms with E-state index in [1.54, 1.807) is 36.4 Å². The first-order valence-electron chi connectivity index (χ1n) is 6.28. The summed E-state index contributed by atoms with van der Waals surface area (Å²) in [4.78, 5) is 12.0. The van der Waals surface area contributed by atoms with Crippen LogP contribution >= 0.6 is 15.9 Å². The zero-order chi connectivity index (χ0) is 15.9. The van der Waals surface area contributed by atoms with E-state index in [0.29, 0.717) is 11.4 Å². The zero-order valence-corrected chi connectivity index (χ0v) is 12.9. The van der Waals surface area contributed by atoms with E-state index >= 15 is 0 Å². The van der Waals surface area contributed by atoms with Crippen molar-refractivity contribution in [1.82, 2.24) is 0 Å². The molecular formula is C16H11BrFN3O. The Hall–Kier alpha value is -2.65. The van der Waals surface area contributed by atoms with Gasteiger partial charge in [0.25, 0.3) is 5.91 Å². The summed E-state index contributed by atoms with van der Waals surface area (Å²) in [6, 6.07) is 14.5. The summed E-state index contributed by atoms with van der Waals surface area (Å²) in [5.41, 5.74) is 0.900. The van der Waals surface area contributed by atoms with Gasteiger partial charge in [-0.2, -0.15) is 5.26 Å². The fourth-order valence-electron chi connectivity index (χ4n) is 1.61. The molecule has 0 spiro atoms. The van der Waals surface area contributed by atoms with E-state index < -0.39 is 11.7 Å². The van der Waals surface area contributed by atoms with Crippen molar-refractivity contribution < 1.29 is 9.18 Å². The highest BCUT2D eigenvalue weighted by molar-refractivity contribution is 9.10. The highest BCUT2D eigenvalue weighted by atomic mass is 79.9. The summed E-state index contributed by atoms with van der Waals surface area (Å²) in [6.07, 6.45) is 1.24. The van der Waals surface area contributed by atoms with Crippen molar-refractivity contribution in [2.75, 3.05) is 10.6 Å². The number of nitriles is 1. The monoisotopic (exact) mass is 359 g/mol. The first-order chi connectivity index (χ1) is 10.6. The molecule has 0 saturated carbocycles. The van der Waals surface area contributed by atoms with E-state index in [2.05, 4.69) is 26.6 Å². The molecule has 2 aromatic rings. The second kappa shape index (κ2) is 7.38. The molecule has 0 atom stereocenters. The molecule has 0 fully saturated rings. The molecular weight excluding hydrogens is 349 g/mol. The van der Waals surface area contributed by atoms with Gasteiger partial charge in [-0.15, -0.1) is 0 Å². The predicted molar refractivity (Wildman–Crippen MR) is 86.5 cm³/mol. The second-order valence-electron chi connectivity index (χ2n) is 4.29. The van der Waals surface area contributed by atoms with Gasteiger partial charge in [0.05, 0.1) is 0 Å². The molecule has 2 rings (SSSR count). The largest absolute Gasteiger partial charge is 0.360 e. The Labute approximate surface area is 135 Å². The maximum Gasteiger partial charge on any atom is 0.267 e. The van der Waals surface area contributed by atoms with Crippen molar-refractivity contribution in [3.8, 4) is 6.07 Å². The molecule has 0 aliphatic carbocycles. The molecule has 2 N–H and O–H groups in total. The van der Waals surface area contributed by atoms with Crippen LogP contribution in [0.25, 0.3) is 0 Å². The Morgan fingerprint density at radius 1 is 1.18 bits per heavy atom. The maximum absolute atomic E-state index is 13.0. The predicted octanol–water partition coefficient (Wildman–Crippen LogP) is 4.05. The van der Waals surface area contributed by atoms with Gasteiger partial charge < -0.3 is 10.6 Å². The first-order valence-corrected chi connectivity index (χ1v) is 7.07. The van der Waals surface area contributed by atoms with Gasteiger partial charge in [-0.25, -0.2) is 4.39 Å². The molecule has 0 bridgehead atoms. The third kappa shape index (κ3) is 4.43. The van der Waals surface area contributed by atoms with E-state index in [-0.39, 0.29) is 5.57 Å². The van der Waals surface area contributed by atoms with Crippen molar-refractivity contribution in [2.45, 2.75) is 0 Å². The number of carbonyl (C=O) groups is 1. The molecule has 0 radical (unpaired) electrons. The highest BCUT2D eigenvalue weighted by Crippen LogP contribution is 2.15. The van der Waals surface area contributed by atoms with E-state index in [9.17, 15) is 9.18 Å². The molecule has 0 unspecified atom stereocenters. The van der Waals surface area contributed by atoms with Crippen molar-refractivity contribution >= 4 is 33.2 Å². The summed E-state index contributed by atoms with van der Waals surface area (Å²) < 4.78 is 13.9. The van der Waals surface area contributed by atoms with Crippen LogP contribution in [0.5, 0.6) is 0 Å². The normalized spacial score (nSPS) is 10.7. The van der Waals surface area contributed by atoms with Gasteiger partial charge >= 0.3 is 0 Å². The number of anilines is 2. The number of halogens is 2. The molecule has 22 heavy (non-hydrogen) atoms. The maximum atomic E-state index is 13.0. The first kappa shape index (κ1) is 15.7. The summed E-state index contributed by atoms with van der Waals surface area (Å²) in [5, 5.41) is 14.4. The van der Waals surface area contributed by atoms with Gasteiger partial charge in [-0.05, 0) is 42.5 Å². The van der Waals surface area contributed by atoms with Crippen molar-refractivity contribution in [1.29, 1.82) is 5.26 Å². The Balaban J connectivity index is 2.07. The highest BCUT2D eigenvalue weighted by Gasteiger charge is 2.09. The number of rotatable bonds is 4. The average molecular weight is 360 g/mol. The van der Waals surface area contributed by atoms with Crippen molar-refractivity contribution in [3.63, 3.8) is 0 Å². The third-order valence-corrected chi connectivity index (χ3v) is 3.20. The van der Waals surface area contributed by atoms with Crippen LogP contribution in [0.4, 0.5) is 15.8 Å². The van der Waals surface area contributed by atoms with E-state index in [4.69, 9.17) is 5.26 Å². The van der Waals surface area contributed by atoms with Crippen LogP contribution in [0.15, 0.2) is 64.8 Å². The number of amides is 1. The lowest BCUT2D eigenvalue weighted by Crippen LogP contribution is -2.14. The molecule has 0 saturated heterocycles. The van der Waals surface area contributed by atoms with Gasteiger partial charge in [-0.1, -0.05) is 22.0 Å². The van der Waals surface area contributed by atoms with Gasteiger partial charge in [0, 0.05) is 22.0 Å². The SMILES string of the molecule is N#C/C(=C/Nc1cccc(F)c1)C(=O)Nc1ccc(Br)cc1. The van der Waals surface area contributed by atoms with Crippen LogP contribution < -0.4 is 10.6 Å². The van der Waals surface area contributed by atoms with Gasteiger partial charge in [-0.3, -0.25) is 4.79 Å². The summed E-state index contributed by atoms with van der Waals surface area (Å²) in [7, 11) is 0. The second-order valence-corrected chi connectivity index (χ2v) is 5.20. The van der Waals surface area contributed by atoms with Crippen LogP contribution in [-0.2, 0) is 4.79 Å². The van der Waals surface area contributed by atoms with Crippen LogP contribution in [0.1, 0.15) is 0 Å². The molecule has 4 nitrogen and oxygen atoms in total. The van der Waals surface area contributed by atoms with Crippen LogP contribution in [0.3, 0.4) is 0 Å². The molecule has 2 aromatic carbocycles. The van der Waals surface area contributed by atoms with E-state index in [1.807, 2.05) is 0 Å². The average Bonchev–Trinajstić information content (AvgIpc) is 2.50. The summed E-state index contributed by atoms with van der Waals surface area (Å²) in [6.45, 7) is 0. The molecule has 1 amide bonds. The number of hydrogen-bond donors (Lipinski definition) is 2. The topological polar surface area (TPSA) is 64.9 Å². The van der Waals surface area contributed by atoms with Crippen LogP contribution in [0.2, 0.25) is 0 Å².